The Morgan fingerprint density at radius 1 is 0.923 bits per heavy atom. The molecule has 2 rings (SSSR count). The van der Waals surface area contributed by atoms with E-state index in [0.29, 0.717) is 11.1 Å². The summed E-state index contributed by atoms with van der Waals surface area (Å²) in [5, 5.41) is -0.0342. The number of carbonyl (C=O) groups excluding carboxylic acids is 2. The van der Waals surface area contributed by atoms with E-state index in [-0.39, 0.29) is 16.8 Å². The topological polar surface area (TPSA) is 43.4 Å². The molecular formula is C22H28O3Si. The zero-order valence-electron chi connectivity index (χ0n) is 16.5. The third-order valence-corrected chi connectivity index (χ3v) is 9.52. The molecule has 0 spiro atoms. The van der Waals surface area contributed by atoms with E-state index in [9.17, 15) is 9.59 Å². The molecule has 0 aliphatic rings. The van der Waals surface area contributed by atoms with Crippen molar-refractivity contribution in [2.45, 2.75) is 51.7 Å². The van der Waals surface area contributed by atoms with Crippen molar-refractivity contribution in [1.29, 1.82) is 0 Å². The maximum atomic E-state index is 12.7. The predicted molar refractivity (Wildman–Crippen MR) is 108 cm³/mol. The summed E-state index contributed by atoms with van der Waals surface area (Å²) in [5.74, 6) is -0.675. The first-order chi connectivity index (χ1) is 12.0. The zero-order valence-corrected chi connectivity index (χ0v) is 17.5. The highest BCUT2D eigenvalue weighted by atomic mass is 28.4. The van der Waals surface area contributed by atoms with Crippen LogP contribution in [0.15, 0.2) is 54.6 Å². The molecule has 4 heteroatoms. The van der Waals surface area contributed by atoms with E-state index in [0.717, 1.165) is 5.56 Å². The van der Waals surface area contributed by atoms with E-state index in [1.165, 1.54) is 0 Å². The normalized spacial score (nSPS) is 13.2. The van der Waals surface area contributed by atoms with Crippen LogP contribution in [-0.4, -0.2) is 20.1 Å². The molecule has 0 fully saturated rings. The van der Waals surface area contributed by atoms with Crippen LogP contribution >= 0.6 is 0 Å². The van der Waals surface area contributed by atoms with Gasteiger partial charge in [-0.1, -0.05) is 69.3 Å². The van der Waals surface area contributed by atoms with Crippen LogP contribution in [0.5, 0.6) is 0 Å². The largest absolute Gasteiger partial charge is 0.519 e. The predicted octanol–water partition coefficient (Wildman–Crippen LogP) is 5.57. The van der Waals surface area contributed by atoms with Crippen LogP contribution in [0.25, 0.3) is 0 Å². The summed E-state index contributed by atoms with van der Waals surface area (Å²) in [6.45, 7) is 12.3. The van der Waals surface area contributed by atoms with Crippen LogP contribution in [0.4, 0.5) is 0 Å². The highest BCUT2D eigenvalue weighted by Gasteiger charge is 2.41. The minimum Gasteiger partial charge on any atom is -0.519 e. The van der Waals surface area contributed by atoms with Crippen molar-refractivity contribution >= 4 is 20.1 Å². The molecule has 0 bridgehead atoms. The Labute approximate surface area is 157 Å². The molecule has 0 amide bonds. The number of carbonyl (C=O) groups is 2. The van der Waals surface area contributed by atoms with Crippen LogP contribution in [0.3, 0.4) is 0 Å². The maximum Gasteiger partial charge on any atom is 0.299 e. The summed E-state index contributed by atoms with van der Waals surface area (Å²) in [6.07, 6.45) is 0. The van der Waals surface area contributed by atoms with Crippen LogP contribution in [0.1, 0.15) is 55.1 Å². The van der Waals surface area contributed by atoms with Crippen molar-refractivity contribution in [3.05, 3.63) is 71.3 Å². The Kier molecular flexibility index (Phi) is 5.86. The van der Waals surface area contributed by atoms with Crippen molar-refractivity contribution in [3.63, 3.8) is 0 Å². The molecule has 138 valence electrons. The molecule has 0 heterocycles. The maximum absolute atomic E-state index is 12.7. The van der Waals surface area contributed by atoms with E-state index < -0.39 is 14.2 Å². The van der Waals surface area contributed by atoms with Gasteiger partial charge < -0.3 is 4.43 Å². The van der Waals surface area contributed by atoms with E-state index in [1.54, 1.807) is 24.3 Å². The van der Waals surface area contributed by atoms with Gasteiger partial charge in [-0.3, -0.25) is 9.59 Å². The van der Waals surface area contributed by atoms with Gasteiger partial charge in [0.1, 0.15) is 0 Å². The molecule has 0 aliphatic heterocycles. The average molecular weight is 369 g/mol. The van der Waals surface area contributed by atoms with Crippen molar-refractivity contribution in [3.8, 4) is 0 Å². The second-order valence-electron chi connectivity index (χ2n) is 8.22. The van der Waals surface area contributed by atoms with Crippen LogP contribution in [-0.2, 0) is 9.22 Å². The lowest BCUT2D eigenvalue weighted by Crippen LogP contribution is -2.43. The van der Waals surface area contributed by atoms with Crippen molar-refractivity contribution < 1.29 is 14.0 Å². The summed E-state index contributed by atoms with van der Waals surface area (Å²) in [7, 11) is -2.17. The number of rotatable bonds is 5. The van der Waals surface area contributed by atoms with Crippen molar-refractivity contribution in [1.82, 2.24) is 0 Å². The Morgan fingerprint density at radius 2 is 1.50 bits per heavy atom. The summed E-state index contributed by atoms with van der Waals surface area (Å²) in [6, 6.07) is 16.4. The molecule has 0 aliphatic carbocycles. The molecule has 0 aromatic heterocycles. The Morgan fingerprint density at radius 3 is 2.08 bits per heavy atom. The highest BCUT2D eigenvalue weighted by molar-refractivity contribution is 6.75. The van der Waals surface area contributed by atoms with E-state index in [1.807, 2.05) is 37.3 Å². The quantitative estimate of drug-likeness (QED) is 0.512. The number of benzene rings is 2. The fraction of sp³-hybridized carbons (Fsp3) is 0.364. The summed E-state index contributed by atoms with van der Waals surface area (Å²) in [5.41, 5.74) is 2.03. The zero-order chi connectivity index (χ0) is 19.5. The van der Waals surface area contributed by atoms with Gasteiger partial charge in [-0.15, -0.1) is 0 Å². The van der Waals surface area contributed by atoms with Gasteiger partial charge in [0.2, 0.25) is 0 Å². The number of hydrogen-bond acceptors (Lipinski definition) is 3. The van der Waals surface area contributed by atoms with E-state index >= 15 is 0 Å². The van der Waals surface area contributed by atoms with Crippen molar-refractivity contribution in [2.75, 3.05) is 0 Å². The minimum atomic E-state index is -2.17. The molecule has 2 aromatic carbocycles. The van der Waals surface area contributed by atoms with Gasteiger partial charge in [0.25, 0.3) is 14.3 Å². The summed E-state index contributed by atoms with van der Waals surface area (Å²) < 4.78 is 5.92. The monoisotopic (exact) mass is 368 g/mol. The fourth-order valence-electron chi connectivity index (χ4n) is 2.33. The molecule has 0 N–H and O–H groups in total. The highest BCUT2D eigenvalue weighted by Crippen LogP contribution is 2.37. The smallest absolute Gasteiger partial charge is 0.299 e. The lowest BCUT2D eigenvalue weighted by atomic mass is 9.96. The number of ketones is 1. The van der Waals surface area contributed by atoms with Gasteiger partial charge in [-0.05, 0) is 36.7 Å². The average Bonchev–Trinajstić information content (AvgIpc) is 2.60. The Balaban J connectivity index is 2.21. The molecular weight excluding hydrogens is 340 g/mol. The summed E-state index contributed by atoms with van der Waals surface area (Å²) in [4.78, 5) is 25.3. The molecule has 3 nitrogen and oxygen atoms in total. The molecule has 1 unspecified atom stereocenters. The second-order valence-corrected chi connectivity index (χ2v) is 12.9. The first-order valence-electron chi connectivity index (χ1n) is 8.95. The molecule has 2 aromatic rings. The van der Waals surface area contributed by atoms with E-state index in [4.69, 9.17) is 4.43 Å². The summed E-state index contributed by atoms with van der Waals surface area (Å²) >= 11 is 0. The Bertz CT molecular complexity index is 789. The number of hydrogen-bond donors (Lipinski definition) is 0. The van der Waals surface area contributed by atoms with Gasteiger partial charge in [0.05, 0.1) is 5.92 Å². The lowest BCUT2D eigenvalue weighted by Gasteiger charge is -2.36. The second kappa shape index (κ2) is 7.58. The first kappa shape index (κ1) is 20.1. The van der Waals surface area contributed by atoms with Gasteiger partial charge >= 0.3 is 0 Å². The SMILES string of the molecule is CC(C(=O)O[Si](C)(C)C(C)(C)C)c1cccc(C(=O)c2ccccc2)c1. The van der Waals surface area contributed by atoms with E-state index in [2.05, 4.69) is 33.9 Å². The van der Waals surface area contributed by atoms with Crippen molar-refractivity contribution in [2.24, 2.45) is 0 Å². The van der Waals surface area contributed by atoms with Gasteiger partial charge in [-0.25, -0.2) is 0 Å². The molecule has 0 saturated carbocycles. The third kappa shape index (κ3) is 4.49. The standard InChI is InChI=1S/C22H28O3Si/c1-16(21(24)25-26(5,6)22(2,3)4)18-13-10-14-19(15-18)20(23)17-11-8-7-9-12-17/h7-16H,1-6H3. The van der Waals surface area contributed by atoms with Crippen LogP contribution < -0.4 is 0 Å². The lowest BCUT2D eigenvalue weighted by molar-refractivity contribution is -0.136. The molecule has 0 saturated heterocycles. The van der Waals surface area contributed by atoms with Crippen LogP contribution in [0, 0.1) is 0 Å². The molecule has 1 atom stereocenters. The fourth-order valence-corrected chi connectivity index (χ4v) is 3.32. The van der Waals surface area contributed by atoms with Gasteiger partial charge in [0.15, 0.2) is 5.78 Å². The van der Waals surface area contributed by atoms with Crippen LogP contribution in [0.2, 0.25) is 18.1 Å². The van der Waals surface area contributed by atoms with Gasteiger partial charge in [-0.2, -0.15) is 0 Å². The van der Waals surface area contributed by atoms with Gasteiger partial charge in [0, 0.05) is 11.1 Å². The Hall–Kier alpha value is -2.20. The third-order valence-electron chi connectivity index (χ3n) is 5.20. The molecule has 0 radical (unpaired) electrons. The molecule has 26 heavy (non-hydrogen) atoms. The minimum absolute atomic E-state index is 0.0342. The first-order valence-corrected chi connectivity index (χ1v) is 11.9.